The zero-order chi connectivity index (χ0) is 15.8. The number of hydrogen-bond acceptors (Lipinski definition) is 3. The molecule has 0 spiro atoms. The van der Waals surface area contributed by atoms with E-state index in [2.05, 4.69) is 19.2 Å². The van der Waals surface area contributed by atoms with Crippen LogP contribution in [-0.4, -0.2) is 24.1 Å². The number of carbonyl (C=O) groups is 2. The molecule has 0 aliphatic heterocycles. The fraction of sp³-hybridized carbons (Fsp3) is 0.375. The van der Waals surface area contributed by atoms with Crippen molar-refractivity contribution in [2.75, 3.05) is 12.4 Å². The maximum atomic E-state index is 11.9. The van der Waals surface area contributed by atoms with Crippen LogP contribution in [0.25, 0.3) is 6.08 Å². The summed E-state index contributed by atoms with van der Waals surface area (Å²) in [5.41, 5.74) is 1.22. The van der Waals surface area contributed by atoms with Crippen LogP contribution in [-0.2, 0) is 9.59 Å². The van der Waals surface area contributed by atoms with Gasteiger partial charge < -0.3 is 15.2 Å². The first-order chi connectivity index (χ1) is 9.92. The summed E-state index contributed by atoms with van der Waals surface area (Å²) in [4.78, 5) is 22.4. The molecule has 0 saturated heterocycles. The van der Waals surface area contributed by atoms with Crippen LogP contribution in [0.4, 0.5) is 5.69 Å². The van der Waals surface area contributed by atoms with Crippen molar-refractivity contribution in [3.63, 3.8) is 0 Å². The van der Waals surface area contributed by atoms with Crippen LogP contribution < -0.4 is 10.1 Å². The first-order valence-electron chi connectivity index (χ1n) is 6.81. The lowest BCUT2D eigenvalue weighted by atomic mass is 10.1. The van der Waals surface area contributed by atoms with Gasteiger partial charge in [-0.3, -0.25) is 4.79 Å². The lowest BCUT2D eigenvalue weighted by molar-refractivity contribution is -0.131. The Bertz CT molecular complexity index is 535. The Labute approximate surface area is 124 Å². The van der Waals surface area contributed by atoms with Crippen LogP contribution in [0.5, 0.6) is 5.75 Å². The van der Waals surface area contributed by atoms with Gasteiger partial charge in [0, 0.05) is 12.5 Å². The van der Waals surface area contributed by atoms with Crippen molar-refractivity contribution in [2.45, 2.75) is 26.7 Å². The van der Waals surface area contributed by atoms with Gasteiger partial charge in [-0.25, -0.2) is 4.79 Å². The van der Waals surface area contributed by atoms with Crippen LogP contribution >= 0.6 is 0 Å². The second-order valence-electron chi connectivity index (χ2n) is 5.11. The summed E-state index contributed by atoms with van der Waals surface area (Å²) in [5.74, 6) is -0.0995. The van der Waals surface area contributed by atoms with E-state index in [1.54, 1.807) is 18.2 Å². The zero-order valence-electron chi connectivity index (χ0n) is 12.6. The standard InChI is InChI=1S/C16H21NO4/c1-11(2)4-8-15(18)17-13-10-12(6-9-16(19)20)5-7-14(13)21-3/h5-7,9-11H,4,8H2,1-3H3,(H,17,18)(H,19,20). The summed E-state index contributed by atoms with van der Waals surface area (Å²) in [5, 5.41) is 11.4. The Kier molecular flexibility index (Phi) is 6.46. The first kappa shape index (κ1) is 16.8. The van der Waals surface area contributed by atoms with Gasteiger partial charge in [0.15, 0.2) is 0 Å². The zero-order valence-corrected chi connectivity index (χ0v) is 12.6. The van der Waals surface area contributed by atoms with Crippen molar-refractivity contribution in [3.05, 3.63) is 29.8 Å². The van der Waals surface area contributed by atoms with E-state index in [0.29, 0.717) is 29.3 Å². The molecule has 1 amide bonds. The molecule has 0 heterocycles. The monoisotopic (exact) mass is 291 g/mol. The summed E-state index contributed by atoms with van der Waals surface area (Å²) in [7, 11) is 1.52. The van der Waals surface area contributed by atoms with Gasteiger partial charge >= 0.3 is 5.97 Å². The van der Waals surface area contributed by atoms with E-state index in [4.69, 9.17) is 9.84 Å². The number of aliphatic carboxylic acids is 1. The van der Waals surface area contributed by atoms with E-state index >= 15 is 0 Å². The number of carboxylic acid groups (broad SMARTS) is 1. The van der Waals surface area contributed by atoms with E-state index in [9.17, 15) is 9.59 Å². The Morgan fingerprint density at radius 2 is 2.10 bits per heavy atom. The third kappa shape index (κ3) is 6.12. The van der Waals surface area contributed by atoms with E-state index in [-0.39, 0.29) is 5.91 Å². The Morgan fingerprint density at radius 1 is 1.38 bits per heavy atom. The van der Waals surface area contributed by atoms with Gasteiger partial charge in [-0.05, 0) is 36.1 Å². The number of hydrogen-bond donors (Lipinski definition) is 2. The number of amides is 1. The molecule has 0 bridgehead atoms. The summed E-state index contributed by atoms with van der Waals surface area (Å²) in [6, 6.07) is 5.10. The molecule has 5 heteroatoms. The lowest BCUT2D eigenvalue weighted by Gasteiger charge is -2.11. The van der Waals surface area contributed by atoms with Crippen molar-refractivity contribution in [3.8, 4) is 5.75 Å². The molecule has 0 radical (unpaired) electrons. The van der Waals surface area contributed by atoms with Crippen LogP contribution in [0.15, 0.2) is 24.3 Å². The molecule has 0 aliphatic rings. The topological polar surface area (TPSA) is 75.6 Å². The highest BCUT2D eigenvalue weighted by Gasteiger charge is 2.09. The highest BCUT2D eigenvalue weighted by atomic mass is 16.5. The molecular formula is C16H21NO4. The second-order valence-corrected chi connectivity index (χ2v) is 5.11. The Morgan fingerprint density at radius 3 is 2.67 bits per heavy atom. The van der Waals surface area contributed by atoms with Gasteiger partial charge in [0.1, 0.15) is 5.75 Å². The molecule has 21 heavy (non-hydrogen) atoms. The lowest BCUT2D eigenvalue weighted by Crippen LogP contribution is -2.13. The van der Waals surface area contributed by atoms with Crippen molar-refractivity contribution < 1.29 is 19.4 Å². The second kappa shape index (κ2) is 8.09. The maximum absolute atomic E-state index is 11.9. The number of nitrogens with one attached hydrogen (secondary N) is 1. The van der Waals surface area contributed by atoms with Gasteiger partial charge in [0.2, 0.25) is 5.91 Å². The summed E-state index contributed by atoms with van der Waals surface area (Å²) < 4.78 is 5.20. The smallest absolute Gasteiger partial charge is 0.328 e. The van der Waals surface area contributed by atoms with Crippen molar-refractivity contribution in [1.82, 2.24) is 0 Å². The van der Waals surface area contributed by atoms with Gasteiger partial charge in [-0.15, -0.1) is 0 Å². The Balaban J connectivity index is 2.85. The fourth-order valence-electron chi connectivity index (χ4n) is 1.73. The van der Waals surface area contributed by atoms with Gasteiger partial charge in [-0.2, -0.15) is 0 Å². The van der Waals surface area contributed by atoms with Crippen LogP contribution in [0, 0.1) is 5.92 Å². The molecule has 0 fully saturated rings. The molecule has 0 unspecified atom stereocenters. The Hall–Kier alpha value is -2.30. The average Bonchev–Trinajstić information content (AvgIpc) is 2.43. The quantitative estimate of drug-likeness (QED) is 0.757. The number of rotatable bonds is 7. The number of methoxy groups -OCH3 is 1. The molecule has 114 valence electrons. The number of carboxylic acids is 1. The number of anilines is 1. The van der Waals surface area contributed by atoms with E-state index in [0.717, 1.165) is 12.5 Å². The molecule has 0 atom stereocenters. The third-order valence-corrected chi connectivity index (χ3v) is 2.86. The number of benzene rings is 1. The van der Waals surface area contributed by atoms with Crippen LogP contribution in [0.2, 0.25) is 0 Å². The van der Waals surface area contributed by atoms with Crippen molar-refractivity contribution >= 4 is 23.6 Å². The van der Waals surface area contributed by atoms with E-state index in [1.165, 1.54) is 13.2 Å². The molecule has 0 aromatic heterocycles. The third-order valence-electron chi connectivity index (χ3n) is 2.86. The normalized spacial score (nSPS) is 10.9. The molecule has 1 rings (SSSR count). The van der Waals surface area contributed by atoms with Gasteiger partial charge in [-0.1, -0.05) is 19.9 Å². The minimum Gasteiger partial charge on any atom is -0.495 e. The minimum absolute atomic E-state index is 0.0821. The van der Waals surface area contributed by atoms with E-state index in [1.807, 2.05) is 0 Å². The molecule has 5 nitrogen and oxygen atoms in total. The maximum Gasteiger partial charge on any atom is 0.328 e. The number of ether oxygens (including phenoxy) is 1. The van der Waals surface area contributed by atoms with Crippen molar-refractivity contribution in [2.24, 2.45) is 5.92 Å². The number of carbonyl (C=O) groups excluding carboxylic acids is 1. The largest absolute Gasteiger partial charge is 0.495 e. The molecule has 1 aromatic rings. The summed E-state index contributed by atoms with van der Waals surface area (Å²) in [6.45, 7) is 4.12. The molecule has 1 aromatic carbocycles. The molecular weight excluding hydrogens is 270 g/mol. The first-order valence-corrected chi connectivity index (χ1v) is 6.81. The molecule has 0 aliphatic carbocycles. The highest BCUT2D eigenvalue weighted by Crippen LogP contribution is 2.26. The molecule has 0 saturated carbocycles. The summed E-state index contributed by atoms with van der Waals surface area (Å²) >= 11 is 0. The van der Waals surface area contributed by atoms with Gasteiger partial charge in [0.25, 0.3) is 0 Å². The average molecular weight is 291 g/mol. The van der Waals surface area contributed by atoms with Crippen LogP contribution in [0.3, 0.4) is 0 Å². The van der Waals surface area contributed by atoms with Gasteiger partial charge in [0.05, 0.1) is 12.8 Å². The van der Waals surface area contributed by atoms with E-state index < -0.39 is 5.97 Å². The molecule has 2 N–H and O–H groups in total. The SMILES string of the molecule is COc1ccc(C=CC(=O)O)cc1NC(=O)CCC(C)C. The summed E-state index contributed by atoms with van der Waals surface area (Å²) in [6.07, 6.45) is 3.76. The predicted octanol–water partition coefficient (Wildman–Crippen LogP) is 3.17. The minimum atomic E-state index is -1.02. The highest BCUT2D eigenvalue weighted by molar-refractivity contribution is 5.93. The van der Waals surface area contributed by atoms with Crippen LogP contribution in [0.1, 0.15) is 32.3 Å². The van der Waals surface area contributed by atoms with Crippen molar-refractivity contribution in [1.29, 1.82) is 0 Å². The predicted molar refractivity (Wildman–Crippen MR) is 82.4 cm³/mol. The fourth-order valence-corrected chi connectivity index (χ4v) is 1.73.